The van der Waals surface area contributed by atoms with Crippen molar-refractivity contribution >= 4 is 11.9 Å². The van der Waals surface area contributed by atoms with Crippen LogP contribution in [-0.2, 0) is 43.8 Å². The zero-order valence-electron chi connectivity index (χ0n) is 8.96. The number of carbonyl (C=O) groups is 2. The summed E-state index contributed by atoms with van der Waals surface area (Å²) in [6, 6.07) is 5.54. The number of aliphatic hydroxyl groups excluding tert-OH is 1. The quantitative estimate of drug-likeness (QED) is 0.610. The molecular formula is C9H8O6Zn2+2. The Kier molecular flexibility index (Phi) is 14.7. The van der Waals surface area contributed by atoms with Crippen molar-refractivity contribution < 1.29 is 69.0 Å². The second kappa shape index (κ2) is 11.6. The standard InChI is InChI=1S/C7H6O3.C2H4O3.2Zn/c8-6-4-2-1-3-5(6)7(9)10;3-1-2(4)5;;/h1-4,8H,(H,9,10);3H,1H2,(H,4,5);;/q;;2*+2/p-2. The van der Waals surface area contributed by atoms with Crippen molar-refractivity contribution in [2.45, 2.75) is 0 Å². The van der Waals surface area contributed by atoms with E-state index in [4.69, 9.17) is 20.1 Å². The molecule has 0 heterocycles. The van der Waals surface area contributed by atoms with E-state index in [9.17, 15) is 9.90 Å². The average molecular weight is 343 g/mol. The number of hydrogen-bond donors (Lipinski definition) is 2. The Morgan fingerprint density at radius 1 is 1.18 bits per heavy atom. The van der Waals surface area contributed by atoms with Gasteiger partial charge in [-0.15, -0.1) is 0 Å². The van der Waals surface area contributed by atoms with Crippen LogP contribution in [0.2, 0.25) is 0 Å². The van der Waals surface area contributed by atoms with Crippen molar-refractivity contribution in [3.8, 4) is 5.75 Å². The molecule has 1 aromatic carbocycles. The maximum atomic E-state index is 10.7. The van der Waals surface area contributed by atoms with Crippen molar-refractivity contribution in [2.75, 3.05) is 6.61 Å². The summed E-state index contributed by atoms with van der Waals surface area (Å²) in [6.07, 6.45) is 0. The van der Waals surface area contributed by atoms with Gasteiger partial charge >= 0.3 is 44.9 Å². The van der Waals surface area contributed by atoms with Crippen molar-refractivity contribution in [3.05, 3.63) is 29.8 Å². The molecule has 0 fully saturated rings. The zero-order valence-corrected chi connectivity index (χ0v) is 14.9. The number of aliphatic carboxylic acids is 1. The van der Waals surface area contributed by atoms with Crippen LogP contribution in [-0.4, -0.2) is 28.8 Å². The van der Waals surface area contributed by atoms with E-state index >= 15 is 0 Å². The minimum Gasteiger partial charge on any atom is -0.872 e. The van der Waals surface area contributed by atoms with E-state index < -0.39 is 24.3 Å². The molecule has 0 saturated heterocycles. The van der Waals surface area contributed by atoms with Crippen LogP contribution in [0.5, 0.6) is 5.75 Å². The summed E-state index contributed by atoms with van der Waals surface area (Å²) in [6.45, 7) is -0.889. The molecule has 0 saturated carbocycles. The molecular weight excluding hydrogens is 335 g/mol. The van der Waals surface area contributed by atoms with Crippen LogP contribution in [0.15, 0.2) is 24.3 Å². The molecule has 0 aliphatic rings. The van der Waals surface area contributed by atoms with Crippen LogP contribution in [0.4, 0.5) is 0 Å². The Morgan fingerprint density at radius 2 is 1.59 bits per heavy atom. The third-order valence-electron chi connectivity index (χ3n) is 1.25. The number of benzene rings is 1. The van der Waals surface area contributed by atoms with Crippen LogP contribution < -0.4 is 10.2 Å². The first-order valence-electron chi connectivity index (χ1n) is 3.79. The third-order valence-corrected chi connectivity index (χ3v) is 1.25. The van der Waals surface area contributed by atoms with Crippen molar-refractivity contribution in [2.24, 2.45) is 0 Å². The molecule has 0 unspecified atom stereocenters. The number of carboxylic acid groups (broad SMARTS) is 2. The van der Waals surface area contributed by atoms with Crippen LogP contribution in [0, 0.1) is 0 Å². The van der Waals surface area contributed by atoms with Gasteiger partial charge in [0.1, 0.15) is 0 Å². The van der Waals surface area contributed by atoms with Gasteiger partial charge in [-0.05, 0) is 6.07 Å². The maximum absolute atomic E-state index is 10.7. The second-order valence-electron chi connectivity index (χ2n) is 2.33. The predicted octanol–water partition coefficient (Wildman–Crippen LogP) is -1.82. The minimum absolute atomic E-state index is 0. The van der Waals surface area contributed by atoms with Crippen molar-refractivity contribution in [3.63, 3.8) is 0 Å². The molecule has 0 bridgehead atoms. The fourth-order valence-corrected chi connectivity index (χ4v) is 0.643. The summed E-state index contributed by atoms with van der Waals surface area (Å²) in [5.41, 5.74) is -0.178. The largest absolute Gasteiger partial charge is 2.00 e. The summed E-state index contributed by atoms with van der Waals surface area (Å²) in [7, 11) is 0. The minimum atomic E-state index is -1.44. The van der Waals surface area contributed by atoms with Crippen molar-refractivity contribution in [1.82, 2.24) is 0 Å². The number of rotatable bonds is 2. The summed E-state index contributed by atoms with van der Waals surface area (Å²) >= 11 is 0. The molecule has 6 nitrogen and oxygen atoms in total. The van der Waals surface area contributed by atoms with Gasteiger partial charge in [-0.2, -0.15) is 0 Å². The smallest absolute Gasteiger partial charge is 0.872 e. The van der Waals surface area contributed by atoms with E-state index in [-0.39, 0.29) is 44.5 Å². The molecule has 17 heavy (non-hydrogen) atoms. The third kappa shape index (κ3) is 10.1. The average Bonchev–Trinajstić information content (AvgIpc) is 2.19. The fourth-order valence-electron chi connectivity index (χ4n) is 0.643. The number of carbonyl (C=O) groups excluding carboxylic acids is 1. The normalized spacial score (nSPS) is 7.59. The number of aromatic carboxylic acids is 1. The monoisotopic (exact) mass is 340 g/mol. The molecule has 2 N–H and O–H groups in total. The topological polar surface area (TPSA) is 121 Å². The Balaban J connectivity index is -0.000000247. The molecule has 0 aliphatic carbocycles. The first-order chi connectivity index (χ1) is 6.99. The number of hydrogen-bond acceptors (Lipinski definition) is 5. The maximum Gasteiger partial charge on any atom is 2.00 e. The molecule has 1 rings (SSSR count). The molecule has 0 aromatic heterocycles. The number of aliphatic hydroxyl groups is 1. The molecule has 1 aromatic rings. The van der Waals surface area contributed by atoms with Gasteiger partial charge in [-0.3, -0.25) is 0 Å². The van der Waals surface area contributed by atoms with Gasteiger partial charge < -0.3 is 25.2 Å². The van der Waals surface area contributed by atoms with Crippen molar-refractivity contribution in [1.29, 1.82) is 0 Å². The fraction of sp³-hybridized carbons (Fsp3) is 0.111. The van der Waals surface area contributed by atoms with E-state index in [1.165, 1.54) is 24.3 Å². The van der Waals surface area contributed by atoms with E-state index in [0.717, 1.165) is 0 Å². The van der Waals surface area contributed by atoms with Gasteiger partial charge in [0, 0.05) is 0 Å². The Bertz CT molecular complexity index is 355. The van der Waals surface area contributed by atoms with Gasteiger partial charge in [0.25, 0.3) is 0 Å². The van der Waals surface area contributed by atoms with E-state index in [1.807, 2.05) is 0 Å². The summed E-state index contributed by atoms with van der Waals surface area (Å²) in [5.74, 6) is -3.06. The molecule has 0 amide bonds. The van der Waals surface area contributed by atoms with Gasteiger partial charge in [0.2, 0.25) is 0 Å². The Morgan fingerprint density at radius 3 is 1.82 bits per heavy atom. The molecule has 0 spiro atoms. The summed E-state index contributed by atoms with van der Waals surface area (Å²) in [4.78, 5) is 19.2. The zero-order chi connectivity index (χ0) is 11.8. The molecule has 0 radical (unpaired) electrons. The van der Waals surface area contributed by atoms with Crippen LogP contribution in [0.3, 0.4) is 0 Å². The molecule has 8 heteroatoms. The first kappa shape index (κ1) is 21.5. The van der Waals surface area contributed by atoms with Crippen LogP contribution >= 0.6 is 0 Å². The SMILES string of the molecule is O=C(O)c1ccccc1[O-].O=C([O-])CO.[Zn+2].[Zn+2]. The second-order valence-corrected chi connectivity index (χ2v) is 2.33. The molecule has 0 aliphatic heterocycles. The summed E-state index contributed by atoms with van der Waals surface area (Å²) in [5, 5.41) is 35.5. The van der Waals surface area contributed by atoms with Gasteiger partial charge in [-0.25, -0.2) is 4.79 Å². The first-order valence-corrected chi connectivity index (χ1v) is 3.79. The van der Waals surface area contributed by atoms with Gasteiger partial charge in [0.05, 0.1) is 18.1 Å². The Labute approximate surface area is 123 Å². The van der Waals surface area contributed by atoms with Gasteiger partial charge in [0.15, 0.2) is 0 Å². The van der Waals surface area contributed by atoms with Gasteiger partial charge in [-0.1, -0.05) is 23.9 Å². The Hall–Kier alpha value is -0.833. The summed E-state index contributed by atoms with van der Waals surface area (Å²) < 4.78 is 0. The molecule has 82 valence electrons. The van der Waals surface area contributed by atoms with Crippen LogP contribution in [0.1, 0.15) is 10.4 Å². The predicted molar refractivity (Wildman–Crippen MR) is 44.9 cm³/mol. The van der Waals surface area contributed by atoms with E-state index in [1.54, 1.807) is 0 Å². The molecule has 0 atom stereocenters. The van der Waals surface area contributed by atoms with E-state index in [2.05, 4.69) is 0 Å². The number of para-hydroxylation sites is 1. The number of carboxylic acids is 2. The van der Waals surface area contributed by atoms with E-state index in [0.29, 0.717) is 0 Å². The van der Waals surface area contributed by atoms with Crippen LogP contribution in [0.25, 0.3) is 0 Å².